The van der Waals surface area contributed by atoms with E-state index >= 15 is 0 Å². The van der Waals surface area contributed by atoms with Gasteiger partial charge in [-0.15, -0.1) is 0 Å². The number of aliphatic hydroxyl groups is 1. The molecule has 1 aliphatic rings. The van der Waals surface area contributed by atoms with Crippen molar-refractivity contribution in [1.82, 2.24) is 15.5 Å². The van der Waals surface area contributed by atoms with Gasteiger partial charge in [-0.1, -0.05) is 24.3 Å². The maximum Gasteiger partial charge on any atom is 0.326 e. The maximum absolute atomic E-state index is 13.8. The number of carbonyl (C=O) groups excluding carboxylic acids is 3. The lowest BCUT2D eigenvalue weighted by Gasteiger charge is -2.30. The number of phenols is 2. The summed E-state index contributed by atoms with van der Waals surface area (Å²) in [4.78, 5) is 57.0. The summed E-state index contributed by atoms with van der Waals surface area (Å²) in [6.45, 7) is 0.415. The predicted octanol–water partition coefficient (Wildman–Crippen LogP) is -0.267. The number of guanidine groups is 1. The molecule has 4 atom stereocenters. The number of aliphatic carboxylic acids is 1. The number of benzene rings is 2. The molecule has 1 heterocycles. The number of carbonyl (C=O) groups is 4. The number of nitrogens with zero attached hydrogens (tertiary/aromatic N) is 2. The van der Waals surface area contributed by atoms with E-state index in [0.717, 1.165) is 5.56 Å². The second-order valence-corrected chi connectivity index (χ2v) is 10.7. The predicted molar refractivity (Wildman–Crippen MR) is 160 cm³/mol. The second-order valence-electron chi connectivity index (χ2n) is 10.7. The molecule has 10 N–H and O–H groups in total. The smallest absolute Gasteiger partial charge is 0.326 e. The van der Waals surface area contributed by atoms with Gasteiger partial charge in [-0.2, -0.15) is 0 Å². The second kappa shape index (κ2) is 16.1. The van der Waals surface area contributed by atoms with Gasteiger partial charge < -0.3 is 47.4 Å². The summed E-state index contributed by atoms with van der Waals surface area (Å²) in [6.07, 6.45) is 0.106. The quantitative estimate of drug-likeness (QED) is 0.0744. The van der Waals surface area contributed by atoms with Crippen LogP contribution in [0.25, 0.3) is 0 Å². The number of amides is 3. The average molecular weight is 613 g/mol. The summed E-state index contributed by atoms with van der Waals surface area (Å²) in [5.74, 6) is -3.19. The molecule has 0 bridgehead atoms. The number of aryl methyl sites for hydroxylation is 1. The zero-order chi connectivity index (χ0) is 32.2. The van der Waals surface area contributed by atoms with Gasteiger partial charge >= 0.3 is 5.97 Å². The highest BCUT2D eigenvalue weighted by atomic mass is 16.4. The van der Waals surface area contributed by atoms with Gasteiger partial charge in [-0.25, -0.2) is 4.79 Å². The van der Waals surface area contributed by atoms with Crippen molar-refractivity contribution in [2.45, 2.75) is 69.2 Å². The molecule has 1 fully saturated rings. The fourth-order valence-corrected chi connectivity index (χ4v) is 4.98. The molecule has 0 aliphatic carbocycles. The van der Waals surface area contributed by atoms with Crippen LogP contribution in [0.3, 0.4) is 0 Å². The number of nitrogens with two attached hydrogens (primary N) is 2. The van der Waals surface area contributed by atoms with Crippen molar-refractivity contribution < 1.29 is 39.6 Å². The molecule has 14 heteroatoms. The Balaban J connectivity index is 1.72. The molecule has 3 amide bonds. The molecule has 0 aromatic heterocycles. The van der Waals surface area contributed by atoms with E-state index in [-0.39, 0.29) is 49.8 Å². The molecule has 0 saturated carbocycles. The van der Waals surface area contributed by atoms with E-state index in [1.54, 1.807) is 24.3 Å². The molecule has 0 spiro atoms. The van der Waals surface area contributed by atoms with E-state index in [1.807, 2.05) is 0 Å². The number of rotatable bonds is 15. The third kappa shape index (κ3) is 10.2. The van der Waals surface area contributed by atoms with Crippen molar-refractivity contribution in [3.05, 3.63) is 59.7 Å². The van der Waals surface area contributed by atoms with Gasteiger partial charge in [0.05, 0.1) is 0 Å². The Morgan fingerprint density at radius 3 is 2.11 bits per heavy atom. The number of carboxylic acid groups (broad SMARTS) is 1. The van der Waals surface area contributed by atoms with Gasteiger partial charge in [0.25, 0.3) is 0 Å². The van der Waals surface area contributed by atoms with Crippen LogP contribution in [-0.4, -0.2) is 92.3 Å². The summed E-state index contributed by atoms with van der Waals surface area (Å²) in [5, 5.41) is 44.4. The maximum atomic E-state index is 13.8. The molecular weight excluding hydrogens is 572 g/mol. The van der Waals surface area contributed by atoms with Gasteiger partial charge in [0.2, 0.25) is 17.7 Å². The summed E-state index contributed by atoms with van der Waals surface area (Å²) >= 11 is 0. The van der Waals surface area contributed by atoms with Gasteiger partial charge in [0.1, 0.15) is 35.7 Å². The minimum Gasteiger partial charge on any atom is -0.508 e. The van der Waals surface area contributed by atoms with Crippen LogP contribution in [0, 0.1) is 0 Å². The molecule has 3 rings (SSSR count). The van der Waals surface area contributed by atoms with Gasteiger partial charge in [-0.3, -0.25) is 19.4 Å². The van der Waals surface area contributed by atoms with E-state index in [1.165, 1.54) is 29.2 Å². The van der Waals surface area contributed by atoms with E-state index in [4.69, 9.17) is 11.5 Å². The van der Waals surface area contributed by atoms with Crippen molar-refractivity contribution in [3.8, 4) is 11.5 Å². The fraction of sp³-hybridized carbons (Fsp3) is 0.433. The molecule has 1 unspecified atom stereocenters. The van der Waals surface area contributed by atoms with E-state index < -0.39 is 47.9 Å². The first kappa shape index (κ1) is 33.6. The number of hydrogen-bond acceptors (Lipinski definition) is 8. The van der Waals surface area contributed by atoms with Crippen molar-refractivity contribution >= 4 is 29.7 Å². The van der Waals surface area contributed by atoms with Crippen molar-refractivity contribution in [3.63, 3.8) is 0 Å². The molecule has 0 radical (unpaired) electrons. The molecule has 2 aromatic carbocycles. The van der Waals surface area contributed by atoms with Gasteiger partial charge in [-0.05, 0) is 73.9 Å². The molecule has 2 aromatic rings. The molecular formula is C30H40N6O8. The lowest BCUT2D eigenvalue weighted by atomic mass is 10.0. The first-order valence-electron chi connectivity index (χ1n) is 14.4. The van der Waals surface area contributed by atoms with Crippen LogP contribution < -0.4 is 22.1 Å². The Bertz CT molecular complexity index is 1310. The SMILES string of the molecule is NC(N)=NCCCC(NC(=O)[C@@H]1CCCN1C(=O)[C@@H](CCc1ccc(O)cc1)NC(=O)[C@H](O)Cc1ccc(O)cc1)C(=O)O. The Morgan fingerprint density at radius 2 is 1.52 bits per heavy atom. The van der Waals surface area contributed by atoms with Crippen LogP contribution in [0.15, 0.2) is 53.5 Å². The highest BCUT2D eigenvalue weighted by Gasteiger charge is 2.39. The van der Waals surface area contributed by atoms with Crippen LogP contribution >= 0.6 is 0 Å². The van der Waals surface area contributed by atoms with Crippen LogP contribution in [0.2, 0.25) is 0 Å². The van der Waals surface area contributed by atoms with E-state index in [0.29, 0.717) is 31.2 Å². The normalized spacial score (nSPS) is 16.4. The summed E-state index contributed by atoms with van der Waals surface area (Å²) in [6, 6.07) is 9.11. The minimum atomic E-state index is -1.49. The summed E-state index contributed by atoms with van der Waals surface area (Å²) < 4.78 is 0. The number of aromatic hydroxyl groups is 2. The van der Waals surface area contributed by atoms with Gasteiger partial charge in [0, 0.05) is 19.5 Å². The molecule has 1 aliphatic heterocycles. The first-order chi connectivity index (χ1) is 20.9. The number of carboxylic acids is 1. The topological polar surface area (TPSA) is 241 Å². The third-order valence-electron chi connectivity index (χ3n) is 7.34. The highest BCUT2D eigenvalue weighted by Crippen LogP contribution is 2.21. The van der Waals surface area contributed by atoms with E-state index in [9.17, 15) is 39.6 Å². The highest BCUT2D eigenvalue weighted by molar-refractivity contribution is 5.94. The van der Waals surface area contributed by atoms with Crippen LogP contribution in [0.5, 0.6) is 11.5 Å². The van der Waals surface area contributed by atoms with Crippen LogP contribution in [-0.2, 0) is 32.0 Å². The number of nitrogens with one attached hydrogen (secondary N) is 2. The first-order valence-corrected chi connectivity index (χ1v) is 14.4. The summed E-state index contributed by atoms with van der Waals surface area (Å²) in [7, 11) is 0. The zero-order valence-corrected chi connectivity index (χ0v) is 24.3. The minimum absolute atomic E-state index is 0.0393. The fourth-order valence-electron chi connectivity index (χ4n) is 4.98. The van der Waals surface area contributed by atoms with Gasteiger partial charge in [0.15, 0.2) is 5.96 Å². The van der Waals surface area contributed by atoms with Crippen LogP contribution in [0.4, 0.5) is 0 Å². The number of aliphatic hydroxyl groups excluding tert-OH is 1. The Kier molecular flexibility index (Phi) is 12.3. The Labute approximate surface area is 254 Å². The Morgan fingerprint density at radius 1 is 0.909 bits per heavy atom. The Hall–Kier alpha value is -4.85. The number of likely N-dealkylation sites (tertiary alicyclic amines) is 1. The standard InChI is InChI=1S/C30H40N6O8/c31-30(32)33-15-1-3-23(29(43)44)35-26(40)24-4-2-16-36(24)28(42)22(14-9-18-5-10-20(37)11-6-18)34-27(41)25(39)17-19-7-12-21(38)13-8-19/h5-8,10-13,22-25,37-39H,1-4,9,14-17H2,(H,34,41)(H,35,40)(H,43,44)(H4,31,32,33)/t22-,23?,24+,25-/m1/s1. The average Bonchev–Trinajstić information content (AvgIpc) is 3.48. The van der Waals surface area contributed by atoms with Crippen molar-refractivity contribution in [2.24, 2.45) is 16.5 Å². The summed E-state index contributed by atoms with van der Waals surface area (Å²) in [5.41, 5.74) is 12.0. The molecule has 14 nitrogen and oxygen atoms in total. The van der Waals surface area contributed by atoms with Crippen molar-refractivity contribution in [2.75, 3.05) is 13.1 Å². The van der Waals surface area contributed by atoms with Crippen molar-refractivity contribution in [1.29, 1.82) is 0 Å². The molecule has 1 saturated heterocycles. The molecule has 44 heavy (non-hydrogen) atoms. The molecule has 238 valence electrons. The lowest BCUT2D eigenvalue weighted by molar-refractivity contribution is -0.145. The number of aliphatic imine (C=N–C) groups is 1. The van der Waals surface area contributed by atoms with Crippen LogP contribution in [0.1, 0.15) is 43.2 Å². The van der Waals surface area contributed by atoms with E-state index in [2.05, 4.69) is 15.6 Å². The monoisotopic (exact) mass is 612 g/mol. The zero-order valence-electron chi connectivity index (χ0n) is 24.3. The number of phenolic OH excluding ortho intramolecular Hbond substituents is 2. The number of hydrogen-bond donors (Lipinski definition) is 8. The lowest BCUT2D eigenvalue weighted by Crippen LogP contribution is -2.56. The largest absolute Gasteiger partial charge is 0.508 e. The third-order valence-corrected chi connectivity index (χ3v) is 7.34.